The van der Waals surface area contributed by atoms with Gasteiger partial charge in [-0.2, -0.15) is 11.8 Å². The van der Waals surface area contributed by atoms with Gasteiger partial charge in [0.15, 0.2) is 5.96 Å². The second kappa shape index (κ2) is 11.8. The second-order valence-electron chi connectivity index (χ2n) is 6.92. The summed E-state index contributed by atoms with van der Waals surface area (Å²) in [5.74, 6) is 1.57. The van der Waals surface area contributed by atoms with Gasteiger partial charge < -0.3 is 15.4 Å². The van der Waals surface area contributed by atoms with E-state index in [2.05, 4.69) is 40.6 Å². The molecule has 0 bridgehead atoms. The Morgan fingerprint density at radius 3 is 2.54 bits per heavy atom. The molecule has 1 saturated carbocycles. The minimum absolute atomic E-state index is 0. The Balaban J connectivity index is 0.00000288. The van der Waals surface area contributed by atoms with Crippen molar-refractivity contribution in [3.8, 4) is 0 Å². The normalized spacial score (nSPS) is 27.0. The zero-order valence-corrected chi connectivity index (χ0v) is 18.7. The van der Waals surface area contributed by atoms with Crippen LogP contribution >= 0.6 is 35.7 Å². The van der Waals surface area contributed by atoms with E-state index in [1.807, 2.05) is 18.8 Å². The van der Waals surface area contributed by atoms with Crippen LogP contribution in [0, 0.1) is 5.92 Å². The van der Waals surface area contributed by atoms with Crippen LogP contribution in [0.1, 0.15) is 33.1 Å². The summed E-state index contributed by atoms with van der Waals surface area (Å²) in [6, 6.07) is 1.10. The highest BCUT2D eigenvalue weighted by Crippen LogP contribution is 2.28. The molecule has 142 valence electrons. The molecule has 0 spiro atoms. The zero-order valence-electron chi connectivity index (χ0n) is 15.6. The molecule has 1 heterocycles. The third kappa shape index (κ3) is 6.88. The summed E-state index contributed by atoms with van der Waals surface area (Å²) in [5, 5.41) is 7.97. The fourth-order valence-corrected chi connectivity index (χ4v) is 4.37. The smallest absolute Gasteiger partial charge is 0.191 e. The van der Waals surface area contributed by atoms with Gasteiger partial charge in [-0.25, -0.2) is 0 Å². The van der Waals surface area contributed by atoms with Crippen LogP contribution < -0.4 is 10.6 Å². The molecule has 0 aromatic heterocycles. The van der Waals surface area contributed by atoms with Crippen LogP contribution in [0.2, 0.25) is 0 Å². The number of morpholine rings is 1. The van der Waals surface area contributed by atoms with Crippen molar-refractivity contribution in [1.82, 2.24) is 15.5 Å². The maximum Gasteiger partial charge on any atom is 0.191 e. The van der Waals surface area contributed by atoms with Gasteiger partial charge in [0.2, 0.25) is 0 Å². The van der Waals surface area contributed by atoms with E-state index in [1.54, 1.807) is 0 Å². The Bertz CT molecular complexity index is 378. The Labute approximate surface area is 169 Å². The van der Waals surface area contributed by atoms with Crippen LogP contribution in [-0.4, -0.2) is 74.3 Å². The first-order valence-corrected chi connectivity index (χ1v) is 10.2. The van der Waals surface area contributed by atoms with Gasteiger partial charge in [0.1, 0.15) is 0 Å². The molecule has 24 heavy (non-hydrogen) atoms. The Morgan fingerprint density at radius 1 is 1.29 bits per heavy atom. The van der Waals surface area contributed by atoms with E-state index >= 15 is 0 Å². The molecule has 1 saturated heterocycles. The van der Waals surface area contributed by atoms with E-state index in [4.69, 9.17) is 4.74 Å². The maximum absolute atomic E-state index is 5.49. The number of thioether (sulfide) groups is 1. The van der Waals surface area contributed by atoms with Crippen LogP contribution in [0.5, 0.6) is 0 Å². The highest BCUT2D eigenvalue weighted by Gasteiger charge is 2.26. The number of guanidine groups is 1. The van der Waals surface area contributed by atoms with Gasteiger partial charge in [-0.15, -0.1) is 24.0 Å². The van der Waals surface area contributed by atoms with E-state index in [0.29, 0.717) is 18.0 Å². The number of hydrogen-bond acceptors (Lipinski definition) is 4. The number of ether oxygens (including phenoxy) is 1. The fraction of sp³-hybridized carbons (Fsp3) is 0.941. The van der Waals surface area contributed by atoms with Crippen LogP contribution in [0.3, 0.4) is 0 Å². The van der Waals surface area contributed by atoms with Gasteiger partial charge in [0.05, 0.1) is 13.2 Å². The summed E-state index contributed by atoms with van der Waals surface area (Å²) in [4.78, 5) is 6.97. The van der Waals surface area contributed by atoms with Crippen molar-refractivity contribution in [2.24, 2.45) is 10.9 Å². The molecule has 0 amide bonds. The Hall–Kier alpha value is 0.270. The van der Waals surface area contributed by atoms with Gasteiger partial charge in [-0.05, 0) is 31.4 Å². The summed E-state index contributed by atoms with van der Waals surface area (Å²) < 4.78 is 5.49. The molecule has 3 atom stereocenters. The average molecular weight is 470 g/mol. The quantitative estimate of drug-likeness (QED) is 0.355. The topological polar surface area (TPSA) is 48.9 Å². The molecular formula is C17H35IN4OS. The molecule has 2 aliphatic rings. The molecule has 0 radical (unpaired) electrons. The highest BCUT2D eigenvalue weighted by atomic mass is 127. The maximum atomic E-state index is 5.49. The molecular weight excluding hydrogens is 435 g/mol. The number of rotatable bonds is 6. The lowest BCUT2D eigenvalue weighted by atomic mass is 10.0. The third-order valence-corrected chi connectivity index (χ3v) is 6.14. The van der Waals surface area contributed by atoms with Crippen LogP contribution in [-0.2, 0) is 4.74 Å². The molecule has 1 aliphatic heterocycles. The van der Waals surface area contributed by atoms with Crippen LogP contribution in [0.25, 0.3) is 0 Å². The summed E-state index contributed by atoms with van der Waals surface area (Å²) in [6.07, 6.45) is 6.04. The van der Waals surface area contributed by atoms with E-state index in [0.717, 1.165) is 44.1 Å². The van der Waals surface area contributed by atoms with Crippen molar-refractivity contribution in [3.05, 3.63) is 0 Å². The van der Waals surface area contributed by atoms with Crippen LogP contribution in [0.15, 0.2) is 4.99 Å². The molecule has 2 N–H and O–H groups in total. The van der Waals surface area contributed by atoms with Crippen molar-refractivity contribution in [3.63, 3.8) is 0 Å². The number of halogens is 1. The van der Waals surface area contributed by atoms with E-state index in [9.17, 15) is 0 Å². The minimum atomic E-state index is 0. The second-order valence-corrected chi connectivity index (χ2v) is 8.06. The third-order valence-electron chi connectivity index (χ3n) is 5.05. The lowest BCUT2D eigenvalue weighted by Crippen LogP contribution is -2.53. The lowest BCUT2D eigenvalue weighted by molar-refractivity contribution is 0.00751. The molecule has 3 unspecified atom stereocenters. The molecule has 0 aromatic rings. The van der Waals surface area contributed by atoms with Crippen molar-refractivity contribution in [2.75, 3.05) is 46.2 Å². The summed E-state index contributed by atoms with van der Waals surface area (Å²) in [6.45, 7) is 9.33. The highest BCUT2D eigenvalue weighted by molar-refractivity contribution is 14.0. The van der Waals surface area contributed by atoms with Gasteiger partial charge in [-0.1, -0.05) is 13.8 Å². The monoisotopic (exact) mass is 470 g/mol. The molecule has 2 rings (SSSR count). The SMILES string of the molecule is CN=C(NCC(C(C)C)N1CCOCC1)NC1CCC(SC)C1.I. The summed E-state index contributed by atoms with van der Waals surface area (Å²) >= 11 is 1.99. The first-order valence-electron chi connectivity index (χ1n) is 8.95. The van der Waals surface area contributed by atoms with Crippen molar-refractivity contribution in [1.29, 1.82) is 0 Å². The summed E-state index contributed by atoms with van der Waals surface area (Å²) in [5.41, 5.74) is 0. The van der Waals surface area contributed by atoms with Crippen molar-refractivity contribution < 1.29 is 4.74 Å². The molecule has 5 nitrogen and oxygen atoms in total. The standard InChI is InChI=1S/C17H34N4OS.HI/c1-13(2)16(21-7-9-22-10-8-21)12-19-17(18-3)20-14-5-6-15(11-14)23-4;/h13-16H,5-12H2,1-4H3,(H2,18,19,20);1H. The average Bonchev–Trinajstić information content (AvgIpc) is 3.02. The summed E-state index contributed by atoms with van der Waals surface area (Å²) in [7, 11) is 1.87. The Morgan fingerprint density at radius 2 is 2.00 bits per heavy atom. The van der Waals surface area contributed by atoms with E-state index in [-0.39, 0.29) is 24.0 Å². The molecule has 1 aliphatic carbocycles. The number of nitrogens with one attached hydrogen (secondary N) is 2. The minimum Gasteiger partial charge on any atom is -0.379 e. The molecule has 0 aromatic carbocycles. The first kappa shape index (κ1) is 22.3. The van der Waals surface area contributed by atoms with Gasteiger partial charge in [0.25, 0.3) is 0 Å². The predicted molar refractivity (Wildman–Crippen MR) is 116 cm³/mol. The number of nitrogens with zero attached hydrogens (tertiary/aromatic N) is 2. The van der Waals surface area contributed by atoms with Crippen LogP contribution in [0.4, 0.5) is 0 Å². The van der Waals surface area contributed by atoms with Crippen molar-refractivity contribution in [2.45, 2.75) is 50.4 Å². The number of aliphatic imine (C=N–C) groups is 1. The lowest BCUT2D eigenvalue weighted by Gasteiger charge is -2.37. The molecule has 2 fully saturated rings. The van der Waals surface area contributed by atoms with Crippen molar-refractivity contribution >= 4 is 41.7 Å². The van der Waals surface area contributed by atoms with E-state index < -0.39 is 0 Å². The van der Waals surface area contributed by atoms with Gasteiger partial charge in [-0.3, -0.25) is 9.89 Å². The first-order chi connectivity index (χ1) is 11.1. The fourth-order valence-electron chi connectivity index (χ4n) is 3.57. The van der Waals surface area contributed by atoms with E-state index in [1.165, 1.54) is 19.3 Å². The predicted octanol–water partition coefficient (Wildman–Crippen LogP) is 2.41. The number of hydrogen-bond donors (Lipinski definition) is 2. The molecule has 7 heteroatoms. The van der Waals surface area contributed by atoms with Gasteiger partial charge >= 0.3 is 0 Å². The zero-order chi connectivity index (χ0) is 16.7. The largest absolute Gasteiger partial charge is 0.379 e. The Kier molecular flexibility index (Phi) is 11.0. The van der Waals surface area contributed by atoms with Gasteiger partial charge in [0, 0.05) is 44.0 Å².